The average Bonchev–Trinajstić information content (AvgIpc) is 3.01. The molecule has 40 heavy (non-hydrogen) atoms. The van der Waals surface area contributed by atoms with Crippen LogP contribution in [0, 0.1) is 0 Å². The Labute approximate surface area is 238 Å². The van der Waals surface area contributed by atoms with Crippen LogP contribution in [0.5, 0.6) is 0 Å². The zero-order chi connectivity index (χ0) is 27.7. The van der Waals surface area contributed by atoms with E-state index in [1.807, 2.05) is 30.4 Å². The summed E-state index contributed by atoms with van der Waals surface area (Å²) >= 11 is 0. The Morgan fingerprint density at radius 1 is 0.650 bits per heavy atom. The lowest BCUT2D eigenvalue weighted by molar-refractivity contribution is 1.06. The molecule has 5 rings (SSSR count). The van der Waals surface area contributed by atoms with Gasteiger partial charge in [-0.15, -0.1) is 0 Å². The molecular weight excluding hydrogens is 480 g/mol. The summed E-state index contributed by atoms with van der Waals surface area (Å²) in [6.45, 7) is 12.9. The first kappa shape index (κ1) is 26.7. The van der Waals surface area contributed by atoms with Crippen molar-refractivity contribution in [2.24, 2.45) is 0 Å². The summed E-state index contributed by atoms with van der Waals surface area (Å²) in [7, 11) is 0. The highest BCUT2D eigenvalue weighted by Crippen LogP contribution is 2.42. The highest BCUT2D eigenvalue weighted by Gasteiger charge is 2.19. The van der Waals surface area contributed by atoms with Crippen LogP contribution < -0.4 is 0 Å². The first-order valence-corrected chi connectivity index (χ1v) is 13.8. The van der Waals surface area contributed by atoms with Crippen LogP contribution in [-0.2, 0) is 0 Å². The minimum Gasteiger partial charge on any atom is -0.0984 e. The molecule has 0 aliphatic heterocycles. The molecule has 0 aromatic heterocycles. The van der Waals surface area contributed by atoms with Crippen LogP contribution in [0.4, 0.5) is 0 Å². The fraction of sp³-hybridized carbons (Fsp3) is 0.0500. The minimum atomic E-state index is 0.946. The van der Waals surface area contributed by atoms with Crippen molar-refractivity contribution in [1.82, 2.24) is 0 Å². The first-order valence-electron chi connectivity index (χ1n) is 13.8. The molecule has 194 valence electrons. The van der Waals surface area contributed by atoms with Gasteiger partial charge >= 0.3 is 0 Å². The van der Waals surface area contributed by atoms with Gasteiger partial charge in [0.15, 0.2) is 0 Å². The number of hydrogen-bond acceptors (Lipinski definition) is 0. The lowest BCUT2D eigenvalue weighted by Crippen LogP contribution is -1.99. The number of hydrogen-bond donors (Lipinski definition) is 0. The largest absolute Gasteiger partial charge is 0.0984 e. The fourth-order valence-corrected chi connectivity index (χ4v) is 5.35. The van der Waals surface area contributed by atoms with Crippen molar-refractivity contribution in [3.63, 3.8) is 0 Å². The van der Waals surface area contributed by atoms with Crippen molar-refractivity contribution in [2.45, 2.75) is 12.8 Å². The van der Waals surface area contributed by atoms with E-state index in [1.54, 1.807) is 0 Å². The van der Waals surface area contributed by atoms with E-state index in [-0.39, 0.29) is 0 Å². The molecule has 4 aromatic carbocycles. The molecule has 0 saturated heterocycles. The van der Waals surface area contributed by atoms with Crippen LogP contribution in [0.1, 0.15) is 40.7 Å². The van der Waals surface area contributed by atoms with Crippen LogP contribution >= 0.6 is 0 Å². The number of allylic oxidation sites excluding steroid dienone is 6. The Morgan fingerprint density at radius 2 is 1.27 bits per heavy atom. The Kier molecular flexibility index (Phi) is 8.49. The van der Waals surface area contributed by atoms with Gasteiger partial charge in [0, 0.05) is 0 Å². The van der Waals surface area contributed by atoms with E-state index in [2.05, 4.69) is 135 Å². The predicted octanol–water partition coefficient (Wildman–Crippen LogP) is 11.4. The summed E-state index contributed by atoms with van der Waals surface area (Å²) < 4.78 is 0. The SMILES string of the molecule is C=Cc1c(C=C)c(-c2ccccccc(C(=C)C=Cc3ccccc3)cc2)c2ccccc2c1C1=CC=CCC1. The molecule has 0 nitrogen and oxygen atoms in total. The predicted molar refractivity (Wildman–Crippen MR) is 178 cm³/mol. The molecule has 0 radical (unpaired) electrons. The maximum absolute atomic E-state index is 4.37. The number of rotatable bonds is 7. The van der Waals surface area contributed by atoms with Gasteiger partial charge in [0.05, 0.1) is 0 Å². The van der Waals surface area contributed by atoms with E-state index in [0.29, 0.717) is 0 Å². The van der Waals surface area contributed by atoms with Gasteiger partial charge < -0.3 is 0 Å². The van der Waals surface area contributed by atoms with Gasteiger partial charge in [0.1, 0.15) is 0 Å². The van der Waals surface area contributed by atoms with E-state index in [1.165, 1.54) is 21.9 Å². The molecule has 0 spiro atoms. The fourth-order valence-electron chi connectivity index (χ4n) is 5.35. The quantitative estimate of drug-likeness (QED) is 0.215. The number of fused-ring (bicyclic) bond motifs is 1. The maximum atomic E-state index is 4.37. The summed E-state index contributed by atoms with van der Waals surface area (Å²) in [5.41, 5.74) is 10.2. The molecule has 0 bridgehead atoms. The van der Waals surface area contributed by atoms with Gasteiger partial charge in [-0.1, -0.05) is 165 Å². The Morgan fingerprint density at radius 3 is 1.98 bits per heavy atom. The molecule has 1 aliphatic carbocycles. The average molecular weight is 515 g/mol. The van der Waals surface area contributed by atoms with E-state index in [4.69, 9.17) is 0 Å². The third kappa shape index (κ3) is 5.72. The van der Waals surface area contributed by atoms with Crippen molar-refractivity contribution in [2.75, 3.05) is 0 Å². The van der Waals surface area contributed by atoms with Crippen LogP contribution in [-0.4, -0.2) is 0 Å². The van der Waals surface area contributed by atoms with Crippen molar-refractivity contribution < 1.29 is 0 Å². The van der Waals surface area contributed by atoms with Crippen LogP contribution in [0.2, 0.25) is 0 Å². The van der Waals surface area contributed by atoms with Crippen molar-refractivity contribution in [1.29, 1.82) is 0 Å². The highest BCUT2D eigenvalue weighted by molar-refractivity contribution is 6.09. The van der Waals surface area contributed by atoms with Crippen LogP contribution in [0.3, 0.4) is 0 Å². The van der Waals surface area contributed by atoms with Gasteiger partial charge in [0.25, 0.3) is 0 Å². The zero-order valence-corrected chi connectivity index (χ0v) is 22.9. The first-order chi connectivity index (χ1) is 19.7. The summed E-state index contributed by atoms with van der Waals surface area (Å²) in [5.74, 6) is 0. The highest BCUT2D eigenvalue weighted by atomic mass is 14.2. The van der Waals surface area contributed by atoms with Gasteiger partial charge in [0.2, 0.25) is 0 Å². The normalized spacial score (nSPS) is 12.6. The van der Waals surface area contributed by atoms with Crippen molar-refractivity contribution in [3.8, 4) is 11.1 Å². The second-order valence-electron chi connectivity index (χ2n) is 9.81. The second-order valence-corrected chi connectivity index (χ2v) is 9.81. The van der Waals surface area contributed by atoms with Crippen molar-refractivity contribution in [3.05, 3.63) is 175 Å². The standard InChI is InChI=1S/C40H34/c1-4-35-36(5-2)40(38-25-17-16-24-37(38)39(35)33-21-14-9-15-22-33)34-23-13-7-6-12-20-32(28-29-34)30(3)26-27-31-18-10-8-11-19-31/h4-14,16-21,23-29H,1-3,15,22H2. The maximum Gasteiger partial charge on any atom is -0.00266 e. The molecule has 4 aromatic rings. The molecule has 0 unspecified atom stereocenters. The monoisotopic (exact) mass is 514 g/mol. The molecular formula is C40H34. The number of benzene rings is 3. The smallest absolute Gasteiger partial charge is 0.00266 e. The van der Waals surface area contributed by atoms with Gasteiger partial charge in [-0.2, -0.15) is 0 Å². The molecule has 0 heterocycles. The third-order valence-electron chi connectivity index (χ3n) is 7.30. The lowest BCUT2D eigenvalue weighted by Gasteiger charge is -2.22. The van der Waals surface area contributed by atoms with Gasteiger partial charge in [-0.05, 0) is 73.7 Å². The summed E-state index contributed by atoms with van der Waals surface area (Å²) in [5, 5.41) is 2.44. The molecule has 0 atom stereocenters. The molecule has 0 heteroatoms. The van der Waals surface area contributed by atoms with E-state index >= 15 is 0 Å². The van der Waals surface area contributed by atoms with Crippen LogP contribution in [0.15, 0.2) is 147 Å². The molecule has 0 N–H and O–H groups in total. The second kappa shape index (κ2) is 12.7. The van der Waals surface area contributed by atoms with E-state index in [9.17, 15) is 0 Å². The third-order valence-corrected chi connectivity index (χ3v) is 7.30. The molecule has 1 aliphatic rings. The van der Waals surface area contributed by atoms with Gasteiger partial charge in [-0.25, -0.2) is 0 Å². The molecule has 0 saturated carbocycles. The van der Waals surface area contributed by atoms with E-state index < -0.39 is 0 Å². The Hall–Kier alpha value is -4.94. The topological polar surface area (TPSA) is 0 Å². The molecule has 0 fully saturated rings. The summed E-state index contributed by atoms with van der Waals surface area (Å²) in [6.07, 6.45) is 16.9. The lowest BCUT2D eigenvalue weighted by atomic mass is 9.82. The summed E-state index contributed by atoms with van der Waals surface area (Å²) in [4.78, 5) is 0. The van der Waals surface area contributed by atoms with Gasteiger partial charge in [-0.3, -0.25) is 0 Å². The zero-order valence-electron chi connectivity index (χ0n) is 22.9. The Bertz CT molecular complexity index is 1720. The summed E-state index contributed by atoms with van der Waals surface area (Å²) in [6, 6.07) is 35.9. The van der Waals surface area contributed by atoms with E-state index in [0.717, 1.165) is 51.8 Å². The van der Waals surface area contributed by atoms with Crippen LogP contribution in [0.25, 0.3) is 51.3 Å². The Balaban J connectivity index is 1.73. The molecule has 0 amide bonds. The van der Waals surface area contributed by atoms with Crippen molar-refractivity contribution >= 4 is 40.1 Å². The minimum absolute atomic E-state index is 0.946.